The minimum absolute atomic E-state index is 0.179. The van der Waals surface area contributed by atoms with E-state index >= 15 is 0 Å². The number of hydrogen-bond donors (Lipinski definition) is 2. The second kappa shape index (κ2) is 13.9. The van der Waals surface area contributed by atoms with Crippen molar-refractivity contribution in [3.05, 3.63) is 141 Å². The number of hydrogen-bond acceptors (Lipinski definition) is 7. The lowest BCUT2D eigenvalue weighted by atomic mass is 10.0. The molecule has 10 heteroatoms. The molecule has 0 aliphatic heterocycles. The minimum Gasteiger partial charge on any atom is -0.488 e. The number of benzene rings is 5. The maximum atomic E-state index is 12.1. The molecule has 226 valence electrons. The van der Waals surface area contributed by atoms with Gasteiger partial charge in [0.25, 0.3) is 0 Å². The van der Waals surface area contributed by atoms with Gasteiger partial charge < -0.3 is 14.6 Å². The lowest BCUT2D eigenvalue weighted by Crippen LogP contribution is -2.28. The van der Waals surface area contributed by atoms with E-state index in [0.29, 0.717) is 38.7 Å². The van der Waals surface area contributed by atoms with Gasteiger partial charge in [-0.25, -0.2) is 4.63 Å². The molecule has 0 radical (unpaired) electrons. The largest absolute Gasteiger partial charge is 0.488 e. The van der Waals surface area contributed by atoms with Gasteiger partial charge in [0.2, 0.25) is 0 Å². The van der Waals surface area contributed by atoms with E-state index < -0.39 is 12.0 Å². The monoisotopic (exact) mass is 683 g/mol. The Morgan fingerprint density at radius 1 is 0.822 bits per heavy atom. The molecule has 0 unspecified atom stereocenters. The normalized spacial score (nSPS) is 11.8. The summed E-state index contributed by atoms with van der Waals surface area (Å²) in [5, 5.41) is 21.2. The number of aromatic nitrogens is 2. The van der Waals surface area contributed by atoms with E-state index in [1.165, 1.54) is 0 Å². The lowest BCUT2D eigenvalue weighted by molar-refractivity contribution is -0.139. The first kappa shape index (κ1) is 30.3. The third kappa shape index (κ3) is 7.17. The topological polar surface area (TPSA) is 107 Å². The molecule has 2 N–H and O–H groups in total. The molecule has 1 atom stereocenters. The zero-order valence-corrected chi connectivity index (χ0v) is 26.2. The van der Waals surface area contributed by atoms with Crippen LogP contribution in [0.25, 0.3) is 22.2 Å². The van der Waals surface area contributed by atoms with E-state index in [9.17, 15) is 9.90 Å². The maximum absolute atomic E-state index is 12.1. The molecule has 0 amide bonds. The molecule has 1 heterocycles. The van der Waals surface area contributed by atoms with Crippen molar-refractivity contribution in [2.45, 2.75) is 25.8 Å². The lowest BCUT2D eigenvalue weighted by Gasteiger charge is -2.19. The molecule has 45 heavy (non-hydrogen) atoms. The molecule has 5 aromatic carbocycles. The number of nitrogens with one attached hydrogen (secondary N) is 1. The van der Waals surface area contributed by atoms with Gasteiger partial charge in [-0.3, -0.25) is 10.1 Å². The molecule has 6 rings (SSSR count). The molecule has 0 spiro atoms. The Balaban J connectivity index is 1.26. The first-order valence-corrected chi connectivity index (χ1v) is 15.3. The highest BCUT2D eigenvalue weighted by molar-refractivity contribution is 9.10. The van der Waals surface area contributed by atoms with Crippen molar-refractivity contribution in [3.63, 3.8) is 0 Å². The van der Waals surface area contributed by atoms with Gasteiger partial charge in [0.1, 0.15) is 41.8 Å². The SMILES string of the molecule is O=C(O)[C@@H](NCc1cc(Cl)c(OCc2cccc(-c3ccccc3)c2Br)cc1OCc1ccc2nonc2c1)c1ccccc1. The van der Waals surface area contributed by atoms with Gasteiger partial charge in [0.15, 0.2) is 0 Å². The first-order valence-electron chi connectivity index (χ1n) is 14.1. The highest BCUT2D eigenvalue weighted by Crippen LogP contribution is 2.36. The highest BCUT2D eigenvalue weighted by Gasteiger charge is 2.21. The van der Waals surface area contributed by atoms with E-state index in [-0.39, 0.29) is 19.8 Å². The second-order valence-electron chi connectivity index (χ2n) is 10.3. The van der Waals surface area contributed by atoms with Crippen LogP contribution in [0, 0.1) is 0 Å². The van der Waals surface area contributed by atoms with Crippen molar-refractivity contribution in [1.29, 1.82) is 0 Å². The fraction of sp³-hybridized carbons (Fsp3) is 0.114. The van der Waals surface area contributed by atoms with Gasteiger partial charge in [-0.2, -0.15) is 0 Å². The second-order valence-corrected chi connectivity index (χ2v) is 11.5. The smallest absolute Gasteiger partial charge is 0.325 e. The van der Waals surface area contributed by atoms with Crippen molar-refractivity contribution in [2.75, 3.05) is 0 Å². The zero-order valence-electron chi connectivity index (χ0n) is 23.8. The summed E-state index contributed by atoms with van der Waals surface area (Å²) in [6, 6.07) is 33.2. The van der Waals surface area contributed by atoms with E-state index in [4.69, 9.17) is 25.7 Å². The van der Waals surface area contributed by atoms with Gasteiger partial charge >= 0.3 is 5.97 Å². The van der Waals surface area contributed by atoms with Crippen molar-refractivity contribution in [2.24, 2.45) is 0 Å². The Bertz CT molecular complexity index is 1940. The van der Waals surface area contributed by atoms with E-state index in [2.05, 4.69) is 49.8 Å². The van der Waals surface area contributed by atoms with E-state index in [1.807, 2.05) is 54.6 Å². The number of ether oxygens (including phenoxy) is 2. The van der Waals surface area contributed by atoms with Crippen LogP contribution in [0.4, 0.5) is 0 Å². The number of halogens is 2. The molecule has 8 nitrogen and oxygen atoms in total. The Morgan fingerprint density at radius 2 is 1.56 bits per heavy atom. The third-order valence-corrected chi connectivity index (χ3v) is 8.48. The van der Waals surface area contributed by atoms with Crippen molar-refractivity contribution in [3.8, 4) is 22.6 Å². The molecular formula is C35H27BrClN3O5. The summed E-state index contributed by atoms with van der Waals surface area (Å²) in [7, 11) is 0. The van der Waals surface area contributed by atoms with Crippen molar-refractivity contribution < 1.29 is 24.0 Å². The number of carboxylic acids is 1. The van der Waals surface area contributed by atoms with Crippen LogP contribution in [0.5, 0.6) is 11.5 Å². The number of carboxylic acid groups (broad SMARTS) is 1. The summed E-state index contributed by atoms with van der Waals surface area (Å²) < 4.78 is 18.3. The summed E-state index contributed by atoms with van der Waals surface area (Å²) in [4.78, 5) is 12.1. The Morgan fingerprint density at radius 3 is 2.33 bits per heavy atom. The van der Waals surface area contributed by atoms with E-state index in [0.717, 1.165) is 26.7 Å². The average molecular weight is 685 g/mol. The third-order valence-electron chi connectivity index (χ3n) is 7.25. The predicted molar refractivity (Wildman–Crippen MR) is 175 cm³/mol. The molecule has 0 bridgehead atoms. The number of fused-ring (bicyclic) bond motifs is 1. The molecule has 6 aromatic rings. The van der Waals surface area contributed by atoms with Gasteiger partial charge in [0.05, 0.1) is 5.02 Å². The zero-order chi connectivity index (χ0) is 31.2. The minimum atomic E-state index is -0.993. The van der Waals surface area contributed by atoms with Crippen molar-refractivity contribution >= 4 is 44.5 Å². The average Bonchev–Trinajstić information content (AvgIpc) is 3.53. The molecule has 0 fully saturated rings. The molecule has 0 saturated carbocycles. The molecule has 0 aliphatic carbocycles. The maximum Gasteiger partial charge on any atom is 0.325 e. The Hall–Kier alpha value is -4.70. The number of rotatable bonds is 12. The number of aliphatic carboxylic acids is 1. The predicted octanol–water partition coefficient (Wildman–Crippen LogP) is 8.38. The fourth-order valence-corrected chi connectivity index (χ4v) is 5.78. The van der Waals surface area contributed by atoms with Crippen LogP contribution < -0.4 is 14.8 Å². The van der Waals surface area contributed by atoms with Crippen LogP contribution in [-0.2, 0) is 24.6 Å². The summed E-state index contributed by atoms with van der Waals surface area (Å²) in [6.45, 7) is 0.642. The van der Waals surface area contributed by atoms with Crippen LogP contribution in [0.2, 0.25) is 5.02 Å². The highest BCUT2D eigenvalue weighted by atomic mass is 79.9. The summed E-state index contributed by atoms with van der Waals surface area (Å²) >= 11 is 10.5. The van der Waals surface area contributed by atoms with Gasteiger partial charge in [0, 0.05) is 28.2 Å². The fourth-order valence-electron chi connectivity index (χ4n) is 4.93. The summed E-state index contributed by atoms with van der Waals surface area (Å²) in [5.41, 5.74) is 6.52. The Labute approximate surface area is 272 Å². The molecule has 0 aliphatic rings. The van der Waals surface area contributed by atoms with Gasteiger partial charge in [-0.1, -0.05) is 96.5 Å². The summed E-state index contributed by atoms with van der Waals surface area (Å²) in [6.07, 6.45) is 0. The van der Waals surface area contributed by atoms with Gasteiger partial charge in [-0.05, 0) is 66.7 Å². The number of carbonyl (C=O) groups is 1. The van der Waals surface area contributed by atoms with Crippen molar-refractivity contribution in [1.82, 2.24) is 15.6 Å². The molecular weight excluding hydrogens is 658 g/mol. The Kier molecular flexibility index (Phi) is 9.40. The summed E-state index contributed by atoms with van der Waals surface area (Å²) in [5.74, 6) is -0.0661. The number of nitrogens with zero attached hydrogens (tertiary/aromatic N) is 2. The van der Waals surface area contributed by atoms with Crippen LogP contribution >= 0.6 is 27.5 Å². The van der Waals surface area contributed by atoms with Crippen LogP contribution in [0.3, 0.4) is 0 Å². The van der Waals surface area contributed by atoms with Crippen LogP contribution in [-0.4, -0.2) is 21.4 Å². The van der Waals surface area contributed by atoms with Crippen LogP contribution in [0.1, 0.15) is 28.3 Å². The van der Waals surface area contributed by atoms with Crippen LogP contribution in [0.15, 0.2) is 118 Å². The quantitative estimate of drug-likeness (QED) is 0.132. The molecule has 0 saturated heterocycles. The standard InChI is InChI=1S/C35H27BrClN3O5/c36-33-25(12-7-13-27(33)23-8-3-1-4-9-23)21-44-32-18-31(43-20-22-14-15-29-30(16-22)40-45-39-29)26(17-28(32)37)19-38-34(35(41)42)24-10-5-2-6-11-24/h1-18,34,38H,19-21H2,(H,41,42)/t34-/m0/s1. The first-order chi connectivity index (χ1) is 22.0. The molecule has 1 aromatic heterocycles. The van der Waals surface area contributed by atoms with E-state index in [1.54, 1.807) is 36.4 Å². The van der Waals surface area contributed by atoms with Gasteiger partial charge in [-0.15, -0.1) is 0 Å².